The zero-order valence-electron chi connectivity index (χ0n) is 8.76. The number of sulfonamides is 1. The normalized spacial score (nSPS) is 18.2. The highest BCUT2D eigenvalue weighted by Gasteiger charge is 2.27. The van der Waals surface area contributed by atoms with Gasteiger partial charge in [0, 0.05) is 0 Å². The van der Waals surface area contributed by atoms with Crippen LogP contribution in [0, 0.1) is 0 Å². The molecule has 1 aromatic rings. The Morgan fingerprint density at radius 3 is 2.50 bits per heavy atom. The largest absolute Gasteiger partial charge is 0.317 e. The van der Waals surface area contributed by atoms with Gasteiger partial charge in [0.1, 0.15) is 6.33 Å². The number of nitrogens with zero attached hydrogens (tertiary/aromatic N) is 2. The molecule has 0 aliphatic carbocycles. The van der Waals surface area contributed by atoms with Crippen molar-refractivity contribution in [2.75, 3.05) is 17.8 Å². The Labute approximate surface area is 94.6 Å². The smallest absolute Gasteiger partial charge is 0.235 e. The highest BCUT2D eigenvalue weighted by atomic mass is 32.2. The van der Waals surface area contributed by atoms with Gasteiger partial charge in [-0.15, -0.1) is 0 Å². The van der Waals surface area contributed by atoms with Crippen LogP contribution in [0.1, 0.15) is 12.8 Å². The number of aromatic nitrogens is 2. The van der Waals surface area contributed by atoms with Gasteiger partial charge in [-0.2, -0.15) is 0 Å². The van der Waals surface area contributed by atoms with Crippen molar-refractivity contribution >= 4 is 15.7 Å². The molecule has 2 rings (SSSR count). The number of piperidine rings is 1. The monoisotopic (exact) mass is 242 g/mol. The van der Waals surface area contributed by atoms with Gasteiger partial charge in [0.05, 0.1) is 23.3 Å². The maximum absolute atomic E-state index is 12.0. The van der Waals surface area contributed by atoms with Crippen molar-refractivity contribution in [2.24, 2.45) is 0 Å². The molecule has 0 bridgehead atoms. The van der Waals surface area contributed by atoms with Crippen LogP contribution in [0.5, 0.6) is 0 Å². The quantitative estimate of drug-likeness (QED) is 0.777. The lowest BCUT2D eigenvalue weighted by atomic mass is 10.2. The van der Waals surface area contributed by atoms with E-state index in [0.717, 1.165) is 13.1 Å². The van der Waals surface area contributed by atoms with Crippen molar-refractivity contribution in [3.8, 4) is 0 Å². The summed E-state index contributed by atoms with van der Waals surface area (Å²) in [5.41, 5.74) is 0.418. The first-order valence-corrected chi connectivity index (χ1v) is 6.70. The highest BCUT2D eigenvalue weighted by Crippen LogP contribution is 2.16. The Hall–Kier alpha value is -1.21. The maximum Gasteiger partial charge on any atom is 0.235 e. The van der Waals surface area contributed by atoms with Crippen LogP contribution in [0.25, 0.3) is 0 Å². The summed E-state index contributed by atoms with van der Waals surface area (Å²) >= 11 is 0. The molecule has 0 atom stereocenters. The second-order valence-electron chi connectivity index (χ2n) is 3.72. The molecule has 0 amide bonds. The van der Waals surface area contributed by atoms with Gasteiger partial charge in [-0.1, -0.05) is 0 Å². The van der Waals surface area contributed by atoms with Crippen LogP contribution in [0.3, 0.4) is 0 Å². The molecule has 0 radical (unpaired) electrons. The third-order valence-electron chi connectivity index (χ3n) is 2.55. The summed E-state index contributed by atoms with van der Waals surface area (Å²) in [6, 6.07) is 0. The summed E-state index contributed by atoms with van der Waals surface area (Å²) in [7, 11) is -3.31. The van der Waals surface area contributed by atoms with Crippen LogP contribution in [-0.2, 0) is 10.0 Å². The predicted octanol–water partition coefficient (Wildman–Crippen LogP) is -0.0297. The SMILES string of the molecule is O=S(=O)(Nc1cncnc1)C1CCNCC1. The summed E-state index contributed by atoms with van der Waals surface area (Å²) in [5.74, 6) is 0. The van der Waals surface area contributed by atoms with Crippen molar-refractivity contribution in [1.82, 2.24) is 15.3 Å². The minimum Gasteiger partial charge on any atom is -0.317 e. The van der Waals surface area contributed by atoms with Crippen LogP contribution < -0.4 is 10.0 Å². The third kappa shape index (κ3) is 2.67. The van der Waals surface area contributed by atoms with Crippen LogP contribution in [-0.4, -0.2) is 36.7 Å². The van der Waals surface area contributed by atoms with Crippen LogP contribution in [0.4, 0.5) is 5.69 Å². The molecule has 16 heavy (non-hydrogen) atoms. The number of hydrogen-bond acceptors (Lipinski definition) is 5. The van der Waals surface area contributed by atoms with Gasteiger partial charge in [-0.05, 0) is 25.9 Å². The van der Waals surface area contributed by atoms with E-state index < -0.39 is 10.0 Å². The maximum atomic E-state index is 12.0. The van der Waals surface area contributed by atoms with E-state index in [2.05, 4.69) is 20.0 Å². The van der Waals surface area contributed by atoms with E-state index in [4.69, 9.17) is 0 Å². The fourth-order valence-corrected chi connectivity index (χ4v) is 3.16. The Morgan fingerprint density at radius 1 is 1.25 bits per heavy atom. The Bertz CT molecular complexity index is 428. The lowest BCUT2D eigenvalue weighted by molar-refractivity contribution is 0.499. The van der Waals surface area contributed by atoms with E-state index in [1.54, 1.807) is 0 Å². The summed E-state index contributed by atoms with van der Waals surface area (Å²) < 4.78 is 26.4. The molecule has 0 saturated carbocycles. The molecule has 0 spiro atoms. The van der Waals surface area contributed by atoms with Crippen molar-refractivity contribution in [2.45, 2.75) is 18.1 Å². The molecule has 2 N–H and O–H groups in total. The van der Waals surface area contributed by atoms with Gasteiger partial charge in [-0.25, -0.2) is 18.4 Å². The molecule has 7 heteroatoms. The topological polar surface area (TPSA) is 84.0 Å². The van der Waals surface area contributed by atoms with E-state index in [1.165, 1.54) is 18.7 Å². The van der Waals surface area contributed by atoms with Gasteiger partial charge in [0.2, 0.25) is 10.0 Å². The van der Waals surface area contributed by atoms with Gasteiger partial charge in [0.25, 0.3) is 0 Å². The lowest BCUT2D eigenvalue weighted by Gasteiger charge is -2.22. The van der Waals surface area contributed by atoms with Crippen LogP contribution >= 0.6 is 0 Å². The highest BCUT2D eigenvalue weighted by molar-refractivity contribution is 7.93. The van der Waals surface area contributed by atoms with Gasteiger partial charge in [-0.3, -0.25) is 4.72 Å². The van der Waals surface area contributed by atoms with E-state index in [9.17, 15) is 8.42 Å². The number of anilines is 1. The Balaban J connectivity index is 2.08. The summed E-state index contributed by atoms with van der Waals surface area (Å²) in [6.45, 7) is 1.49. The zero-order chi connectivity index (χ0) is 11.4. The fraction of sp³-hybridized carbons (Fsp3) is 0.556. The second kappa shape index (κ2) is 4.75. The van der Waals surface area contributed by atoms with Crippen molar-refractivity contribution in [3.05, 3.63) is 18.7 Å². The predicted molar refractivity (Wildman–Crippen MR) is 60.5 cm³/mol. The molecule has 2 heterocycles. The van der Waals surface area contributed by atoms with Gasteiger partial charge < -0.3 is 5.32 Å². The number of rotatable bonds is 3. The molecular weight excluding hydrogens is 228 g/mol. The molecule has 88 valence electrons. The van der Waals surface area contributed by atoms with E-state index in [1.807, 2.05) is 0 Å². The molecule has 1 fully saturated rings. The zero-order valence-corrected chi connectivity index (χ0v) is 9.57. The molecule has 0 unspecified atom stereocenters. The van der Waals surface area contributed by atoms with Crippen LogP contribution in [0.15, 0.2) is 18.7 Å². The molecule has 6 nitrogen and oxygen atoms in total. The average Bonchev–Trinajstić information content (AvgIpc) is 2.31. The first-order valence-electron chi connectivity index (χ1n) is 5.16. The first kappa shape index (κ1) is 11.3. The Morgan fingerprint density at radius 2 is 1.88 bits per heavy atom. The molecule has 1 aliphatic heterocycles. The van der Waals surface area contributed by atoms with Gasteiger partial charge in [0.15, 0.2) is 0 Å². The van der Waals surface area contributed by atoms with E-state index >= 15 is 0 Å². The second-order valence-corrected chi connectivity index (χ2v) is 5.68. The van der Waals surface area contributed by atoms with Crippen molar-refractivity contribution in [1.29, 1.82) is 0 Å². The third-order valence-corrected chi connectivity index (χ3v) is 4.41. The lowest BCUT2D eigenvalue weighted by Crippen LogP contribution is -2.38. The summed E-state index contributed by atoms with van der Waals surface area (Å²) in [6.07, 6.45) is 5.55. The molecule has 1 saturated heterocycles. The molecular formula is C9H14N4O2S. The minimum atomic E-state index is -3.31. The average molecular weight is 242 g/mol. The van der Waals surface area contributed by atoms with Crippen LogP contribution in [0.2, 0.25) is 0 Å². The minimum absolute atomic E-state index is 0.325. The summed E-state index contributed by atoms with van der Waals surface area (Å²) in [4.78, 5) is 7.53. The van der Waals surface area contributed by atoms with Crippen molar-refractivity contribution < 1.29 is 8.42 Å². The number of hydrogen-bond donors (Lipinski definition) is 2. The first-order chi connectivity index (χ1) is 7.68. The van der Waals surface area contributed by atoms with Gasteiger partial charge >= 0.3 is 0 Å². The van der Waals surface area contributed by atoms with E-state index in [0.29, 0.717) is 18.5 Å². The fourth-order valence-electron chi connectivity index (χ4n) is 1.71. The standard InChI is InChI=1S/C9H14N4O2S/c14-16(15,9-1-3-10-4-2-9)13-8-5-11-7-12-6-8/h5-7,9-10,13H,1-4H2. The summed E-state index contributed by atoms with van der Waals surface area (Å²) in [5, 5.41) is 2.81. The molecule has 1 aliphatic rings. The van der Waals surface area contributed by atoms with E-state index in [-0.39, 0.29) is 5.25 Å². The molecule has 1 aromatic heterocycles. The van der Waals surface area contributed by atoms with Crippen molar-refractivity contribution in [3.63, 3.8) is 0 Å². The Kier molecular flexibility index (Phi) is 3.35. The molecule has 0 aromatic carbocycles. The number of nitrogens with one attached hydrogen (secondary N) is 2.